The molecular weight excluding hydrogens is 312 g/mol. The Labute approximate surface area is 148 Å². The van der Waals surface area contributed by atoms with Crippen LogP contribution in [0.2, 0.25) is 0 Å². The van der Waals surface area contributed by atoms with Gasteiger partial charge >= 0.3 is 0 Å². The SMILES string of the molecule is CCc1cc(CC)c(C2C(C#N)=C(N)Oc3n[nH]c(C)c32)c(CC)c1. The van der Waals surface area contributed by atoms with Gasteiger partial charge in [-0.15, -0.1) is 5.10 Å². The number of hydrogen-bond donors (Lipinski definition) is 2. The summed E-state index contributed by atoms with van der Waals surface area (Å²) in [5.74, 6) is 0.390. The Morgan fingerprint density at radius 2 is 1.80 bits per heavy atom. The van der Waals surface area contributed by atoms with Gasteiger partial charge in [-0.2, -0.15) is 5.26 Å². The minimum absolute atomic E-state index is 0.148. The molecule has 1 aliphatic rings. The molecule has 25 heavy (non-hydrogen) atoms. The molecule has 1 unspecified atom stereocenters. The van der Waals surface area contributed by atoms with E-state index < -0.39 is 0 Å². The van der Waals surface area contributed by atoms with E-state index in [2.05, 4.69) is 49.2 Å². The molecule has 0 saturated carbocycles. The van der Waals surface area contributed by atoms with Gasteiger partial charge in [0, 0.05) is 11.3 Å². The third kappa shape index (κ3) is 2.68. The van der Waals surface area contributed by atoms with Crippen molar-refractivity contribution in [3.8, 4) is 11.9 Å². The van der Waals surface area contributed by atoms with E-state index >= 15 is 0 Å². The lowest BCUT2D eigenvalue weighted by Gasteiger charge is -2.28. The average Bonchev–Trinajstić information content (AvgIpc) is 2.99. The van der Waals surface area contributed by atoms with Gasteiger partial charge in [0.15, 0.2) is 0 Å². The first-order valence-corrected chi connectivity index (χ1v) is 8.82. The van der Waals surface area contributed by atoms with Crippen LogP contribution in [0.4, 0.5) is 0 Å². The predicted molar refractivity (Wildman–Crippen MR) is 97.2 cm³/mol. The summed E-state index contributed by atoms with van der Waals surface area (Å²) in [6.45, 7) is 8.42. The number of hydrogen-bond acceptors (Lipinski definition) is 4. The first-order valence-electron chi connectivity index (χ1n) is 8.82. The smallest absolute Gasteiger partial charge is 0.244 e. The summed E-state index contributed by atoms with van der Waals surface area (Å²) in [5, 5.41) is 17.0. The quantitative estimate of drug-likeness (QED) is 0.892. The number of benzene rings is 1. The predicted octanol–water partition coefficient (Wildman–Crippen LogP) is 3.62. The highest BCUT2D eigenvalue weighted by Gasteiger charge is 2.36. The summed E-state index contributed by atoms with van der Waals surface area (Å²) in [4.78, 5) is 0. The summed E-state index contributed by atoms with van der Waals surface area (Å²) in [5.41, 5.74) is 13.4. The second kappa shape index (κ2) is 6.64. The fourth-order valence-corrected chi connectivity index (χ4v) is 3.70. The Balaban J connectivity index is 2.34. The molecule has 2 aromatic rings. The standard InChI is InChI=1S/C20H24N4O/c1-5-12-8-13(6-2)17(14(7-3)9-12)18-15(10-21)19(22)25-20-16(18)11(4)23-24-20/h8-9,18H,5-7,22H2,1-4H3,(H,23,24). The van der Waals surface area contributed by atoms with E-state index in [0.717, 1.165) is 30.5 Å². The molecule has 0 amide bonds. The van der Waals surface area contributed by atoms with Gasteiger partial charge in [-0.05, 0) is 48.4 Å². The van der Waals surface area contributed by atoms with Crippen molar-refractivity contribution < 1.29 is 4.74 Å². The van der Waals surface area contributed by atoms with Crippen LogP contribution in [0.5, 0.6) is 5.88 Å². The molecule has 3 N–H and O–H groups in total. The van der Waals surface area contributed by atoms with Gasteiger partial charge in [0.05, 0.1) is 5.92 Å². The Morgan fingerprint density at radius 1 is 1.16 bits per heavy atom. The summed E-state index contributed by atoms with van der Waals surface area (Å²) < 4.78 is 5.59. The molecule has 2 heterocycles. The fraction of sp³-hybridized carbons (Fsp3) is 0.400. The van der Waals surface area contributed by atoms with E-state index in [0.29, 0.717) is 11.5 Å². The van der Waals surface area contributed by atoms with Crippen molar-refractivity contribution in [1.82, 2.24) is 10.2 Å². The number of rotatable bonds is 4. The second-order valence-electron chi connectivity index (χ2n) is 6.38. The summed E-state index contributed by atoms with van der Waals surface area (Å²) >= 11 is 0. The number of allylic oxidation sites excluding steroid dienone is 1. The monoisotopic (exact) mass is 336 g/mol. The van der Waals surface area contributed by atoms with E-state index in [-0.39, 0.29) is 11.8 Å². The number of aryl methyl sites for hydroxylation is 4. The zero-order valence-electron chi connectivity index (χ0n) is 15.2. The number of aromatic amines is 1. The Kier molecular flexibility index (Phi) is 4.54. The number of H-pyrrole nitrogens is 1. The van der Waals surface area contributed by atoms with Crippen LogP contribution in [-0.2, 0) is 19.3 Å². The van der Waals surface area contributed by atoms with Gasteiger partial charge < -0.3 is 10.5 Å². The number of ether oxygens (including phenoxy) is 1. The highest BCUT2D eigenvalue weighted by atomic mass is 16.5. The molecule has 0 fully saturated rings. The molecule has 5 heteroatoms. The van der Waals surface area contributed by atoms with Crippen molar-refractivity contribution in [2.24, 2.45) is 5.73 Å². The van der Waals surface area contributed by atoms with Crippen LogP contribution in [0.3, 0.4) is 0 Å². The van der Waals surface area contributed by atoms with Crippen LogP contribution in [-0.4, -0.2) is 10.2 Å². The van der Waals surface area contributed by atoms with Crippen molar-refractivity contribution in [1.29, 1.82) is 5.26 Å². The number of nitrogens with two attached hydrogens (primary N) is 1. The van der Waals surface area contributed by atoms with Crippen molar-refractivity contribution in [3.05, 3.63) is 57.1 Å². The maximum absolute atomic E-state index is 9.78. The largest absolute Gasteiger partial charge is 0.420 e. The zero-order valence-corrected chi connectivity index (χ0v) is 15.2. The van der Waals surface area contributed by atoms with Crippen molar-refractivity contribution in [3.63, 3.8) is 0 Å². The molecule has 1 aliphatic heterocycles. The minimum atomic E-state index is -0.233. The van der Waals surface area contributed by atoms with Crippen molar-refractivity contribution >= 4 is 0 Å². The lowest BCUT2D eigenvalue weighted by molar-refractivity contribution is 0.378. The van der Waals surface area contributed by atoms with Crippen molar-refractivity contribution in [2.75, 3.05) is 0 Å². The van der Waals surface area contributed by atoms with Crippen LogP contribution < -0.4 is 10.5 Å². The third-order valence-electron chi connectivity index (χ3n) is 5.00. The summed E-state index contributed by atoms with van der Waals surface area (Å²) in [7, 11) is 0. The van der Waals surface area contributed by atoms with Crippen LogP contribution in [0.1, 0.15) is 60.2 Å². The minimum Gasteiger partial charge on any atom is -0.420 e. The van der Waals surface area contributed by atoms with Crippen LogP contribution in [0.25, 0.3) is 0 Å². The van der Waals surface area contributed by atoms with Gasteiger partial charge in [0.25, 0.3) is 0 Å². The van der Waals surface area contributed by atoms with Crippen LogP contribution in [0, 0.1) is 18.3 Å². The molecule has 1 atom stereocenters. The molecule has 0 radical (unpaired) electrons. The number of nitrogens with zero attached hydrogens (tertiary/aromatic N) is 2. The summed E-state index contributed by atoms with van der Waals surface area (Å²) in [6.07, 6.45) is 2.80. The molecule has 3 rings (SSSR count). The Hall–Kier alpha value is -2.74. The first-order chi connectivity index (χ1) is 12.0. The van der Waals surface area contributed by atoms with Gasteiger partial charge in [-0.25, -0.2) is 0 Å². The lowest BCUT2D eigenvalue weighted by Crippen LogP contribution is -2.22. The maximum Gasteiger partial charge on any atom is 0.244 e. The third-order valence-corrected chi connectivity index (χ3v) is 5.00. The van der Waals surface area contributed by atoms with Gasteiger partial charge in [0.1, 0.15) is 11.6 Å². The highest BCUT2D eigenvalue weighted by molar-refractivity contribution is 5.59. The van der Waals surface area contributed by atoms with E-state index in [9.17, 15) is 5.26 Å². The molecule has 0 bridgehead atoms. The average molecular weight is 336 g/mol. The highest BCUT2D eigenvalue weighted by Crippen LogP contribution is 2.45. The van der Waals surface area contributed by atoms with Crippen LogP contribution in [0.15, 0.2) is 23.6 Å². The number of fused-ring (bicyclic) bond motifs is 1. The molecular formula is C20H24N4O. The molecule has 1 aromatic carbocycles. The molecule has 1 aromatic heterocycles. The van der Waals surface area contributed by atoms with Gasteiger partial charge in [-0.3, -0.25) is 5.10 Å². The van der Waals surface area contributed by atoms with Crippen LogP contribution >= 0.6 is 0 Å². The number of nitriles is 1. The molecule has 0 aliphatic carbocycles. The van der Waals surface area contributed by atoms with E-state index in [4.69, 9.17) is 10.5 Å². The van der Waals surface area contributed by atoms with Gasteiger partial charge in [0.2, 0.25) is 11.8 Å². The zero-order chi connectivity index (χ0) is 18.1. The van der Waals surface area contributed by atoms with E-state index in [1.165, 1.54) is 22.3 Å². The fourth-order valence-electron chi connectivity index (χ4n) is 3.70. The van der Waals surface area contributed by atoms with Crippen molar-refractivity contribution in [2.45, 2.75) is 52.9 Å². The molecule has 5 nitrogen and oxygen atoms in total. The van der Waals surface area contributed by atoms with E-state index in [1.807, 2.05) is 6.92 Å². The van der Waals surface area contributed by atoms with Gasteiger partial charge in [-0.1, -0.05) is 32.9 Å². The molecule has 0 spiro atoms. The lowest BCUT2D eigenvalue weighted by atomic mass is 9.78. The topological polar surface area (TPSA) is 87.7 Å². The molecule has 0 saturated heterocycles. The number of aromatic nitrogens is 2. The number of nitrogens with one attached hydrogen (secondary N) is 1. The van der Waals surface area contributed by atoms with E-state index in [1.54, 1.807) is 0 Å². The Morgan fingerprint density at radius 3 is 2.32 bits per heavy atom. The normalized spacial score (nSPS) is 16.4. The second-order valence-corrected chi connectivity index (χ2v) is 6.38. The Bertz CT molecular complexity index is 861. The maximum atomic E-state index is 9.78. The molecule has 130 valence electrons. The summed E-state index contributed by atoms with van der Waals surface area (Å²) in [6, 6.07) is 6.79. The first kappa shape index (κ1) is 17.1.